The molecule has 6 nitrogen and oxygen atoms in total. The van der Waals surface area contributed by atoms with Crippen LogP contribution in [0.15, 0.2) is 6.20 Å². The smallest absolute Gasteiger partial charge is 0.273 e. The highest BCUT2D eigenvalue weighted by Crippen LogP contribution is 2.58. The van der Waals surface area contributed by atoms with Crippen molar-refractivity contribution in [2.24, 2.45) is 17.8 Å². The van der Waals surface area contributed by atoms with Crippen molar-refractivity contribution in [3.63, 3.8) is 0 Å². The number of rotatable bonds is 3. The lowest BCUT2D eigenvalue weighted by atomic mass is 9.53. The van der Waals surface area contributed by atoms with E-state index in [1.54, 1.807) is 4.68 Å². The second kappa shape index (κ2) is 4.29. The van der Waals surface area contributed by atoms with E-state index in [4.69, 9.17) is 11.6 Å². The molecule has 112 valence electrons. The first-order valence-electron chi connectivity index (χ1n) is 7.41. The summed E-state index contributed by atoms with van der Waals surface area (Å²) in [7, 11) is 0. The maximum Gasteiger partial charge on any atom is 0.319 e. The van der Waals surface area contributed by atoms with Crippen LogP contribution >= 0.6 is 11.6 Å². The van der Waals surface area contributed by atoms with Gasteiger partial charge in [0.15, 0.2) is 0 Å². The van der Waals surface area contributed by atoms with E-state index in [2.05, 4.69) is 5.10 Å². The van der Waals surface area contributed by atoms with E-state index >= 15 is 0 Å². The molecule has 0 N–H and O–H groups in total. The van der Waals surface area contributed by atoms with Crippen LogP contribution in [0.2, 0.25) is 0 Å². The van der Waals surface area contributed by atoms with Gasteiger partial charge in [-0.25, -0.2) is 0 Å². The lowest BCUT2D eigenvalue weighted by molar-refractivity contribution is -0.385. The maximum absolute atomic E-state index is 11.4. The number of nitro groups is 1. The Bertz CT molecular complexity index is 573. The molecule has 1 heterocycles. The molecule has 1 aromatic heterocycles. The molecule has 0 saturated heterocycles. The predicted octanol–water partition coefficient (Wildman–Crippen LogP) is 3.10. The Balaban J connectivity index is 1.78. The SMILES string of the molecule is O=C(Cl)c1nn(C23CC4CC(CC(C4)C2)C3)cc1[N+](=O)[O-]. The van der Waals surface area contributed by atoms with Gasteiger partial charge in [0.2, 0.25) is 5.69 Å². The zero-order chi connectivity index (χ0) is 14.8. The lowest BCUT2D eigenvalue weighted by Gasteiger charge is -2.56. The number of nitrogens with zero attached hydrogens (tertiary/aromatic N) is 3. The molecular weight excluding hydrogens is 294 g/mol. The fourth-order valence-electron chi connectivity index (χ4n) is 5.23. The predicted molar refractivity (Wildman–Crippen MR) is 75.2 cm³/mol. The summed E-state index contributed by atoms with van der Waals surface area (Å²) in [5, 5.41) is 14.5. The van der Waals surface area contributed by atoms with E-state index in [-0.39, 0.29) is 16.9 Å². The van der Waals surface area contributed by atoms with Gasteiger partial charge in [0.1, 0.15) is 6.20 Å². The van der Waals surface area contributed by atoms with Crippen molar-refractivity contribution in [2.75, 3.05) is 0 Å². The molecule has 4 fully saturated rings. The Labute approximate surface area is 126 Å². The van der Waals surface area contributed by atoms with Gasteiger partial charge in [-0.15, -0.1) is 0 Å². The second-order valence-corrected chi connectivity index (χ2v) is 7.32. The molecule has 0 spiro atoms. The Hall–Kier alpha value is -1.43. The Morgan fingerprint density at radius 3 is 2.19 bits per heavy atom. The summed E-state index contributed by atoms with van der Waals surface area (Å²) in [6.07, 6.45) is 8.33. The Kier molecular flexibility index (Phi) is 2.70. The van der Waals surface area contributed by atoms with E-state index in [0.717, 1.165) is 19.3 Å². The average Bonchev–Trinajstić information content (AvgIpc) is 2.82. The zero-order valence-electron chi connectivity index (χ0n) is 11.5. The summed E-state index contributed by atoms with van der Waals surface area (Å²) in [5.74, 6) is 2.11. The summed E-state index contributed by atoms with van der Waals surface area (Å²) in [4.78, 5) is 21.9. The summed E-state index contributed by atoms with van der Waals surface area (Å²) < 4.78 is 1.70. The molecule has 0 aliphatic heterocycles. The fourth-order valence-corrected chi connectivity index (χ4v) is 5.36. The first-order chi connectivity index (χ1) is 9.97. The van der Waals surface area contributed by atoms with Gasteiger partial charge < -0.3 is 0 Å². The van der Waals surface area contributed by atoms with Crippen LogP contribution in [0.5, 0.6) is 0 Å². The van der Waals surface area contributed by atoms with Gasteiger partial charge in [-0.2, -0.15) is 5.10 Å². The van der Waals surface area contributed by atoms with Crippen LogP contribution in [0.25, 0.3) is 0 Å². The minimum absolute atomic E-state index is 0.135. The number of aromatic nitrogens is 2. The number of carbonyl (C=O) groups is 1. The summed E-state index contributed by atoms with van der Waals surface area (Å²) in [6.45, 7) is 0. The van der Waals surface area contributed by atoms with Crippen molar-refractivity contribution in [2.45, 2.75) is 44.1 Å². The van der Waals surface area contributed by atoms with Gasteiger partial charge in [-0.3, -0.25) is 19.6 Å². The van der Waals surface area contributed by atoms with Crippen LogP contribution in [0.4, 0.5) is 5.69 Å². The highest BCUT2D eigenvalue weighted by molar-refractivity contribution is 6.67. The third-order valence-corrected chi connectivity index (χ3v) is 5.75. The van der Waals surface area contributed by atoms with E-state index in [1.165, 1.54) is 25.5 Å². The van der Waals surface area contributed by atoms with Gasteiger partial charge in [0.25, 0.3) is 5.24 Å². The third-order valence-electron chi connectivity index (χ3n) is 5.57. The number of carbonyl (C=O) groups excluding carboxylic acids is 1. The quantitative estimate of drug-likeness (QED) is 0.488. The van der Waals surface area contributed by atoms with Crippen molar-refractivity contribution < 1.29 is 9.72 Å². The minimum atomic E-state index is -0.856. The van der Waals surface area contributed by atoms with Crippen LogP contribution in [0, 0.1) is 27.9 Å². The minimum Gasteiger partial charge on any atom is -0.273 e. The van der Waals surface area contributed by atoms with Crippen molar-refractivity contribution in [1.82, 2.24) is 9.78 Å². The molecule has 0 radical (unpaired) electrons. The molecule has 7 heteroatoms. The highest BCUT2D eigenvalue weighted by Gasteiger charge is 2.53. The van der Waals surface area contributed by atoms with E-state index < -0.39 is 10.2 Å². The van der Waals surface area contributed by atoms with Crippen LogP contribution in [0.1, 0.15) is 49.0 Å². The van der Waals surface area contributed by atoms with E-state index in [9.17, 15) is 14.9 Å². The zero-order valence-corrected chi connectivity index (χ0v) is 12.3. The van der Waals surface area contributed by atoms with Crippen molar-refractivity contribution in [1.29, 1.82) is 0 Å². The fraction of sp³-hybridized carbons (Fsp3) is 0.714. The van der Waals surface area contributed by atoms with Crippen molar-refractivity contribution >= 4 is 22.5 Å². The van der Waals surface area contributed by atoms with Gasteiger partial charge in [0, 0.05) is 0 Å². The van der Waals surface area contributed by atoms with Crippen LogP contribution < -0.4 is 0 Å². The molecule has 4 bridgehead atoms. The number of hydrogen-bond acceptors (Lipinski definition) is 4. The third kappa shape index (κ3) is 1.92. The van der Waals surface area contributed by atoms with Crippen LogP contribution in [-0.4, -0.2) is 19.9 Å². The largest absolute Gasteiger partial charge is 0.319 e. The maximum atomic E-state index is 11.4. The Morgan fingerprint density at radius 1 is 1.29 bits per heavy atom. The molecule has 1 aromatic rings. The van der Waals surface area contributed by atoms with Gasteiger partial charge in [-0.1, -0.05) is 0 Å². The van der Waals surface area contributed by atoms with Gasteiger partial charge in [0.05, 0.1) is 10.5 Å². The molecule has 4 aliphatic carbocycles. The number of halogens is 1. The molecule has 21 heavy (non-hydrogen) atoms. The number of hydrogen-bond donors (Lipinski definition) is 0. The van der Waals surface area contributed by atoms with E-state index in [0.29, 0.717) is 17.8 Å². The first kappa shape index (κ1) is 13.2. The average molecular weight is 310 g/mol. The second-order valence-electron chi connectivity index (χ2n) is 6.98. The van der Waals surface area contributed by atoms with Crippen LogP contribution in [-0.2, 0) is 5.54 Å². The van der Waals surface area contributed by atoms with Crippen LogP contribution in [0.3, 0.4) is 0 Å². The summed E-state index contributed by atoms with van der Waals surface area (Å²) >= 11 is 5.45. The highest BCUT2D eigenvalue weighted by atomic mass is 35.5. The van der Waals surface area contributed by atoms with Crippen molar-refractivity contribution in [3.05, 3.63) is 22.0 Å². The molecular formula is C14H16ClN3O3. The van der Waals surface area contributed by atoms with E-state index in [1.807, 2.05) is 0 Å². The molecule has 0 amide bonds. The monoisotopic (exact) mass is 309 g/mol. The molecule has 4 aliphatic rings. The summed E-state index contributed by atoms with van der Waals surface area (Å²) in [6, 6.07) is 0. The summed E-state index contributed by atoms with van der Waals surface area (Å²) in [5.41, 5.74) is -0.632. The molecule has 0 aromatic carbocycles. The molecule has 0 atom stereocenters. The molecule has 4 saturated carbocycles. The molecule has 0 unspecified atom stereocenters. The first-order valence-corrected chi connectivity index (χ1v) is 7.79. The topological polar surface area (TPSA) is 78.0 Å². The standard InChI is InChI=1S/C14H16ClN3O3/c15-13(19)12-11(18(20)21)7-17(16-12)14-4-8-1-9(5-14)3-10(2-8)6-14/h7-10H,1-6H2. The van der Waals surface area contributed by atoms with Gasteiger partial charge >= 0.3 is 5.69 Å². The van der Waals surface area contributed by atoms with Gasteiger partial charge in [-0.05, 0) is 67.9 Å². The van der Waals surface area contributed by atoms with Crippen molar-refractivity contribution in [3.8, 4) is 0 Å². The Morgan fingerprint density at radius 2 is 1.81 bits per heavy atom. The lowest BCUT2D eigenvalue weighted by Crippen LogP contribution is -2.52. The normalized spacial score (nSPS) is 36.9. The molecule has 5 rings (SSSR count).